The van der Waals surface area contributed by atoms with Gasteiger partial charge in [-0.25, -0.2) is 0 Å². The molecule has 0 saturated heterocycles. The quantitative estimate of drug-likeness (QED) is 0.127. The first-order valence-corrected chi connectivity index (χ1v) is 21.5. The fourth-order valence-electron chi connectivity index (χ4n) is 8.19. The van der Waals surface area contributed by atoms with Crippen molar-refractivity contribution in [2.45, 2.75) is 6.92 Å². The predicted molar refractivity (Wildman–Crippen MR) is 259 cm³/mol. The van der Waals surface area contributed by atoms with Crippen LogP contribution in [0.1, 0.15) is 10.4 Å². The third-order valence-electron chi connectivity index (χ3n) is 11.0. The molecule has 0 radical (unpaired) electrons. The molecular formula is C55H40N2S2. The van der Waals surface area contributed by atoms with Crippen LogP contribution in [0.15, 0.2) is 213 Å². The van der Waals surface area contributed by atoms with Gasteiger partial charge < -0.3 is 9.80 Å². The summed E-state index contributed by atoms with van der Waals surface area (Å²) in [6.07, 6.45) is 6.08. The summed E-state index contributed by atoms with van der Waals surface area (Å²) in [6, 6.07) is 70.3. The Hall–Kier alpha value is -6.98. The van der Waals surface area contributed by atoms with Crippen LogP contribution in [0.3, 0.4) is 0 Å². The summed E-state index contributed by atoms with van der Waals surface area (Å²) in [7, 11) is 0. The first-order valence-electron chi connectivity index (χ1n) is 19.9. The Balaban J connectivity index is 1.21. The molecule has 0 bridgehead atoms. The number of hydrogen-bond acceptors (Lipinski definition) is 4. The molecule has 2 heterocycles. The van der Waals surface area contributed by atoms with Crippen LogP contribution < -0.4 is 9.80 Å². The highest BCUT2D eigenvalue weighted by Crippen LogP contribution is 2.48. The molecule has 0 saturated carbocycles. The standard InChI is InChI=1S/C55H40N2S2/c1-3-4-31-52-38(2)48-34-45(56(41-22-9-5-10-23-41)42-24-11-6-12-25-42)35-49(54(48)58-52)39-20-19-21-40(33-39)50-36-46(37-51-47-30-17-18-32-53(47)59-55(50)51)57(43-26-13-7-14-27-43)44-28-15-8-16-29-44/h3-37H,1H2,2H3/b31-4-. The molecule has 0 N–H and O–H groups in total. The molecule has 0 amide bonds. The molecule has 0 atom stereocenters. The van der Waals surface area contributed by atoms with E-state index in [0.29, 0.717) is 0 Å². The molecule has 8 aromatic carbocycles. The fourth-order valence-corrected chi connectivity index (χ4v) is 10.6. The van der Waals surface area contributed by atoms with E-state index in [-0.39, 0.29) is 0 Å². The number of anilines is 6. The van der Waals surface area contributed by atoms with Gasteiger partial charge in [0.1, 0.15) is 0 Å². The molecule has 0 spiro atoms. The average Bonchev–Trinajstić information content (AvgIpc) is 3.83. The summed E-state index contributed by atoms with van der Waals surface area (Å²) in [5.74, 6) is 0. The van der Waals surface area contributed by atoms with Gasteiger partial charge in [0, 0.05) is 75.0 Å². The number of fused-ring (bicyclic) bond motifs is 4. The van der Waals surface area contributed by atoms with E-state index in [2.05, 4.69) is 224 Å². The van der Waals surface area contributed by atoms with Crippen LogP contribution in [0.5, 0.6) is 0 Å². The number of aryl methyl sites for hydroxylation is 1. The number of rotatable bonds is 10. The van der Waals surface area contributed by atoms with Crippen LogP contribution in [0, 0.1) is 6.92 Å². The Labute approximate surface area is 353 Å². The first-order chi connectivity index (χ1) is 29.1. The summed E-state index contributed by atoms with van der Waals surface area (Å²) in [5.41, 5.74) is 12.8. The molecule has 2 aromatic heterocycles. The molecule has 282 valence electrons. The number of allylic oxidation sites excluding steroid dienone is 2. The van der Waals surface area contributed by atoms with Crippen molar-refractivity contribution in [3.8, 4) is 22.3 Å². The van der Waals surface area contributed by atoms with Gasteiger partial charge in [-0.3, -0.25) is 0 Å². The second-order valence-corrected chi connectivity index (χ2v) is 16.7. The van der Waals surface area contributed by atoms with Crippen molar-refractivity contribution in [2.24, 2.45) is 0 Å². The average molecular weight is 793 g/mol. The molecule has 0 unspecified atom stereocenters. The van der Waals surface area contributed by atoms with Crippen molar-refractivity contribution < 1.29 is 0 Å². The van der Waals surface area contributed by atoms with Crippen molar-refractivity contribution in [1.29, 1.82) is 0 Å². The van der Waals surface area contributed by atoms with Crippen molar-refractivity contribution in [3.63, 3.8) is 0 Å². The van der Waals surface area contributed by atoms with E-state index in [9.17, 15) is 0 Å². The van der Waals surface area contributed by atoms with Gasteiger partial charge in [-0.05, 0) is 120 Å². The number of thiophene rings is 2. The molecular weight excluding hydrogens is 753 g/mol. The normalized spacial score (nSPS) is 11.5. The van der Waals surface area contributed by atoms with Crippen molar-refractivity contribution in [1.82, 2.24) is 0 Å². The van der Waals surface area contributed by atoms with E-state index >= 15 is 0 Å². The molecule has 59 heavy (non-hydrogen) atoms. The fraction of sp³-hybridized carbons (Fsp3) is 0.0182. The van der Waals surface area contributed by atoms with Crippen LogP contribution in [0.4, 0.5) is 34.1 Å². The molecule has 0 fully saturated rings. The van der Waals surface area contributed by atoms with Gasteiger partial charge in [0.15, 0.2) is 0 Å². The lowest BCUT2D eigenvalue weighted by atomic mass is 9.95. The lowest BCUT2D eigenvalue weighted by Gasteiger charge is -2.26. The van der Waals surface area contributed by atoms with Crippen LogP contribution in [-0.4, -0.2) is 0 Å². The van der Waals surface area contributed by atoms with Crippen LogP contribution >= 0.6 is 22.7 Å². The van der Waals surface area contributed by atoms with Gasteiger partial charge >= 0.3 is 0 Å². The van der Waals surface area contributed by atoms with Crippen molar-refractivity contribution in [3.05, 3.63) is 223 Å². The summed E-state index contributed by atoms with van der Waals surface area (Å²) >= 11 is 3.72. The van der Waals surface area contributed by atoms with Gasteiger partial charge in [0.05, 0.1) is 0 Å². The van der Waals surface area contributed by atoms with E-state index < -0.39 is 0 Å². The van der Waals surface area contributed by atoms with E-state index in [0.717, 1.165) is 34.1 Å². The highest BCUT2D eigenvalue weighted by atomic mass is 32.1. The Kier molecular flexibility index (Phi) is 9.71. The minimum absolute atomic E-state index is 1.11. The Morgan fingerprint density at radius 3 is 1.39 bits per heavy atom. The maximum Gasteiger partial charge on any atom is 0.0475 e. The maximum absolute atomic E-state index is 3.96. The summed E-state index contributed by atoms with van der Waals surface area (Å²) in [4.78, 5) is 5.98. The third kappa shape index (κ3) is 6.83. The monoisotopic (exact) mass is 792 g/mol. The molecule has 2 nitrogen and oxygen atoms in total. The van der Waals surface area contributed by atoms with Gasteiger partial charge in [-0.15, -0.1) is 22.7 Å². The number of hydrogen-bond donors (Lipinski definition) is 0. The topological polar surface area (TPSA) is 6.48 Å². The highest BCUT2D eigenvalue weighted by Gasteiger charge is 2.21. The van der Waals surface area contributed by atoms with Crippen LogP contribution in [0.2, 0.25) is 0 Å². The Morgan fingerprint density at radius 1 is 0.424 bits per heavy atom. The lowest BCUT2D eigenvalue weighted by Crippen LogP contribution is -2.10. The van der Waals surface area contributed by atoms with Gasteiger partial charge in [0.2, 0.25) is 0 Å². The zero-order valence-electron chi connectivity index (χ0n) is 32.6. The van der Waals surface area contributed by atoms with Crippen molar-refractivity contribution in [2.75, 3.05) is 9.80 Å². The van der Waals surface area contributed by atoms with Gasteiger partial charge in [0.25, 0.3) is 0 Å². The number of benzene rings is 8. The Morgan fingerprint density at radius 2 is 0.881 bits per heavy atom. The molecule has 0 aliphatic rings. The molecule has 0 aliphatic carbocycles. The molecule has 10 rings (SSSR count). The van der Waals surface area contributed by atoms with Gasteiger partial charge in [-0.2, -0.15) is 0 Å². The lowest BCUT2D eigenvalue weighted by molar-refractivity contribution is 1.29. The molecule has 4 heteroatoms. The van der Waals surface area contributed by atoms with Crippen LogP contribution in [0.25, 0.3) is 58.6 Å². The highest BCUT2D eigenvalue weighted by molar-refractivity contribution is 7.26. The maximum atomic E-state index is 3.96. The predicted octanol–water partition coefficient (Wildman–Crippen LogP) is 17.1. The molecule has 10 aromatic rings. The summed E-state index contributed by atoms with van der Waals surface area (Å²) in [6.45, 7) is 6.21. The van der Waals surface area contributed by atoms with E-state index in [1.54, 1.807) is 0 Å². The SMILES string of the molecule is C=C/C=C\c1sc2c(-c3cccc(-c4cc(N(c5ccccc5)c5ccccc5)cc5c4sc4ccccc45)c3)cc(N(c3ccccc3)c3ccccc3)cc2c1C. The minimum Gasteiger partial charge on any atom is -0.310 e. The largest absolute Gasteiger partial charge is 0.310 e. The van der Waals surface area contributed by atoms with E-state index in [1.165, 1.54) is 63.0 Å². The van der Waals surface area contributed by atoms with Crippen molar-refractivity contribution >= 4 is 93.1 Å². The zero-order valence-corrected chi connectivity index (χ0v) is 34.3. The second-order valence-electron chi connectivity index (χ2n) is 14.6. The first kappa shape index (κ1) is 36.4. The Bertz CT molecular complexity index is 3050. The van der Waals surface area contributed by atoms with E-state index in [1.807, 2.05) is 34.8 Å². The van der Waals surface area contributed by atoms with Gasteiger partial charge in [-0.1, -0.05) is 128 Å². The molecule has 0 aliphatic heterocycles. The summed E-state index contributed by atoms with van der Waals surface area (Å²) in [5, 5.41) is 3.79. The minimum atomic E-state index is 1.11. The van der Waals surface area contributed by atoms with E-state index in [4.69, 9.17) is 0 Å². The number of para-hydroxylation sites is 4. The second kappa shape index (κ2) is 15.8. The van der Waals surface area contributed by atoms with Crippen LogP contribution in [-0.2, 0) is 0 Å². The number of nitrogens with zero attached hydrogens (tertiary/aromatic N) is 2. The third-order valence-corrected chi connectivity index (χ3v) is 13.5. The summed E-state index contributed by atoms with van der Waals surface area (Å²) < 4.78 is 3.84. The zero-order chi connectivity index (χ0) is 39.7. The smallest absolute Gasteiger partial charge is 0.0475 e.